The van der Waals surface area contributed by atoms with Crippen molar-refractivity contribution >= 4 is 29.9 Å². The summed E-state index contributed by atoms with van der Waals surface area (Å²) in [6.07, 6.45) is 0. The number of hydrogen-bond acceptors (Lipinski definition) is 1. The normalized spacial score (nSPS) is 12.8. The molecule has 0 aliphatic rings. The molecule has 0 aliphatic heterocycles. The molecule has 114 valence electrons. The minimum Gasteiger partial charge on any atom is -0.354 e. The van der Waals surface area contributed by atoms with Crippen LogP contribution < -0.4 is 10.6 Å². The molecule has 0 saturated carbocycles. The summed E-state index contributed by atoms with van der Waals surface area (Å²) in [5.41, 5.74) is 1.71. The highest BCUT2D eigenvalue weighted by molar-refractivity contribution is 14.0. The SMILES string of the molecule is CN=C(NCc1ccc(F)c(C)c1)NC(C)C(C)C.I. The van der Waals surface area contributed by atoms with Crippen molar-refractivity contribution in [2.24, 2.45) is 10.9 Å². The summed E-state index contributed by atoms with van der Waals surface area (Å²) in [7, 11) is 1.75. The molecular formula is C15H25FIN3. The second-order valence-corrected chi connectivity index (χ2v) is 5.19. The highest BCUT2D eigenvalue weighted by atomic mass is 127. The minimum absolute atomic E-state index is 0. The van der Waals surface area contributed by atoms with Crippen molar-refractivity contribution in [3.8, 4) is 0 Å². The summed E-state index contributed by atoms with van der Waals surface area (Å²) >= 11 is 0. The lowest BCUT2D eigenvalue weighted by atomic mass is 10.1. The zero-order valence-corrected chi connectivity index (χ0v) is 15.2. The van der Waals surface area contributed by atoms with Crippen molar-refractivity contribution in [2.75, 3.05) is 7.05 Å². The third-order valence-corrected chi connectivity index (χ3v) is 3.27. The molecule has 0 spiro atoms. The molecule has 0 bridgehead atoms. The molecule has 1 unspecified atom stereocenters. The zero-order chi connectivity index (χ0) is 14.4. The van der Waals surface area contributed by atoms with Crippen LogP contribution in [0.5, 0.6) is 0 Å². The second kappa shape index (κ2) is 9.15. The number of aryl methyl sites for hydroxylation is 1. The largest absolute Gasteiger partial charge is 0.354 e. The van der Waals surface area contributed by atoms with Crippen LogP contribution in [0.4, 0.5) is 4.39 Å². The van der Waals surface area contributed by atoms with Crippen LogP contribution in [0.2, 0.25) is 0 Å². The number of benzene rings is 1. The topological polar surface area (TPSA) is 36.4 Å². The van der Waals surface area contributed by atoms with Gasteiger partial charge in [0.15, 0.2) is 5.96 Å². The number of nitrogens with one attached hydrogen (secondary N) is 2. The Hall–Kier alpha value is -0.850. The first-order chi connectivity index (χ1) is 8.93. The molecule has 3 nitrogen and oxygen atoms in total. The van der Waals surface area contributed by atoms with Crippen LogP contribution >= 0.6 is 24.0 Å². The minimum atomic E-state index is -0.167. The first kappa shape index (κ1) is 19.1. The van der Waals surface area contributed by atoms with Gasteiger partial charge in [-0.25, -0.2) is 4.39 Å². The van der Waals surface area contributed by atoms with Gasteiger partial charge in [-0.1, -0.05) is 26.0 Å². The van der Waals surface area contributed by atoms with Crippen molar-refractivity contribution in [3.63, 3.8) is 0 Å². The Morgan fingerprint density at radius 1 is 1.30 bits per heavy atom. The predicted octanol–water partition coefficient (Wildman–Crippen LogP) is 3.46. The lowest BCUT2D eigenvalue weighted by molar-refractivity contribution is 0.481. The van der Waals surface area contributed by atoms with E-state index in [1.807, 2.05) is 6.07 Å². The maximum Gasteiger partial charge on any atom is 0.191 e. The summed E-state index contributed by atoms with van der Waals surface area (Å²) in [4.78, 5) is 4.19. The summed E-state index contributed by atoms with van der Waals surface area (Å²) in [6, 6.07) is 5.48. The molecule has 1 aromatic rings. The average Bonchev–Trinajstić information content (AvgIpc) is 2.37. The molecule has 1 rings (SSSR count). The van der Waals surface area contributed by atoms with Gasteiger partial charge in [0.25, 0.3) is 0 Å². The number of rotatable bonds is 4. The summed E-state index contributed by atoms with van der Waals surface area (Å²) in [6.45, 7) is 8.85. The molecule has 0 amide bonds. The van der Waals surface area contributed by atoms with E-state index in [0.717, 1.165) is 11.5 Å². The molecule has 1 aromatic carbocycles. The maximum atomic E-state index is 13.2. The molecule has 0 aromatic heterocycles. The predicted molar refractivity (Wildman–Crippen MR) is 94.2 cm³/mol. The van der Waals surface area contributed by atoms with E-state index >= 15 is 0 Å². The van der Waals surface area contributed by atoms with Gasteiger partial charge in [0.1, 0.15) is 5.82 Å². The molecule has 0 fully saturated rings. The van der Waals surface area contributed by atoms with E-state index in [4.69, 9.17) is 0 Å². The van der Waals surface area contributed by atoms with Gasteiger partial charge in [-0.05, 0) is 37.0 Å². The molecule has 20 heavy (non-hydrogen) atoms. The van der Waals surface area contributed by atoms with Gasteiger partial charge in [0.05, 0.1) is 0 Å². The quantitative estimate of drug-likeness (QED) is 0.467. The summed E-state index contributed by atoms with van der Waals surface area (Å²) in [5, 5.41) is 6.56. The molecule has 1 atom stereocenters. The van der Waals surface area contributed by atoms with Gasteiger partial charge < -0.3 is 10.6 Å². The fraction of sp³-hybridized carbons (Fsp3) is 0.533. The number of hydrogen-bond donors (Lipinski definition) is 2. The van der Waals surface area contributed by atoms with Gasteiger partial charge in [-0.3, -0.25) is 4.99 Å². The van der Waals surface area contributed by atoms with Gasteiger partial charge in [0.2, 0.25) is 0 Å². The van der Waals surface area contributed by atoms with Crippen molar-refractivity contribution in [1.82, 2.24) is 10.6 Å². The Labute approximate surface area is 138 Å². The summed E-state index contributed by atoms with van der Waals surface area (Å²) < 4.78 is 13.2. The molecule has 0 heterocycles. The molecule has 0 aliphatic carbocycles. The van der Waals surface area contributed by atoms with E-state index in [9.17, 15) is 4.39 Å². The Kier molecular flexibility index (Phi) is 8.76. The lowest BCUT2D eigenvalue weighted by Gasteiger charge is -2.20. The third kappa shape index (κ3) is 6.07. The van der Waals surface area contributed by atoms with Crippen LogP contribution in [0.1, 0.15) is 31.9 Å². The lowest BCUT2D eigenvalue weighted by Crippen LogP contribution is -2.43. The van der Waals surface area contributed by atoms with E-state index in [2.05, 4.69) is 36.4 Å². The average molecular weight is 393 g/mol. The molecule has 2 N–H and O–H groups in total. The summed E-state index contributed by atoms with van der Waals surface area (Å²) in [5.74, 6) is 1.13. The fourth-order valence-corrected chi connectivity index (χ4v) is 1.58. The fourth-order valence-electron chi connectivity index (χ4n) is 1.58. The third-order valence-electron chi connectivity index (χ3n) is 3.27. The molecule has 0 radical (unpaired) electrons. The number of guanidine groups is 1. The van der Waals surface area contributed by atoms with Crippen molar-refractivity contribution < 1.29 is 4.39 Å². The Bertz CT molecular complexity index is 447. The van der Waals surface area contributed by atoms with Crippen molar-refractivity contribution in [1.29, 1.82) is 0 Å². The zero-order valence-electron chi connectivity index (χ0n) is 12.8. The molecular weight excluding hydrogens is 368 g/mol. The van der Waals surface area contributed by atoms with Crippen LogP contribution in [-0.4, -0.2) is 19.0 Å². The van der Waals surface area contributed by atoms with Crippen LogP contribution in [0, 0.1) is 18.7 Å². The highest BCUT2D eigenvalue weighted by Gasteiger charge is 2.08. The van der Waals surface area contributed by atoms with Gasteiger partial charge >= 0.3 is 0 Å². The van der Waals surface area contributed by atoms with Crippen molar-refractivity contribution in [2.45, 2.75) is 40.3 Å². The Morgan fingerprint density at radius 3 is 2.45 bits per heavy atom. The van der Waals surface area contributed by atoms with Crippen LogP contribution in [0.15, 0.2) is 23.2 Å². The Morgan fingerprint density at radius 2 is 1.95 bits per heavy atom. The smallest absolute Gasteiger partial charge is 0.191 e. The van der Waals surface area contributed by atoms with E-state index in [-0.39, 0.29) is 29.8 Å². The van der Waals surface area contributed by atoms with Crippen LogP contribution in [0.25, 0.3) is 0 Å². The molecule has 0 saturated heterocycles. The molecule has 5 heteroatoms. The van der Waals surface area contributed by atoms with Gasteiger partial charge in [0, 0.05) is 19.6 Å². The van der Waals surface area contributed by atoms with E-state index in [0.29, 0.717) is 24.1 Å². The highest BCUT2D eigenvalue weighted by Crippen LogP contribution is 2.08. The number of aliphatic imine (C=N–C) groups is 1. The number of halogens is 2. The monoisotopic (exact) mass is 393 g/mol. The van der Waals surface area contributed by atoms with Crippen LogP contribution in [-0.2, 0) is 6.54 Å². The maximum absolute atomic E-state index is 13.2. The second-order valence-electron chi connectivity index (χ2n) is 5.19. The van der Waals surface area contributed by atoms with E-state index < -0.39 is 0 Å². The number of nitrogens with zero attached hydrogens (tertiary/aromatic N) is 1. The van der Waals surface area contributed by atoms with Gasteiger partial charge in [-0.2, -0.15) is 0 Å². The van der Waals surface area contributed by atoms with Gasteiger partial charge in [-0.15, -0.1) is 24.0 Å². The first-order valence-electron chi connectivity index (χ1n) is 6.66. The van der Waals surface area contributed by atoms with E-state index in [1.54, 1.807) is 20.0 Å². The van der Waals surface area contributed by atoms with Crippen LogP contribution in [0.3, 0.4) is 0 Å². The first-order valence-corrected chi connectivity index (χ1v) is 6.66. The van der Waals surface area contributed by atoms with E-state index in [1.165, 1.54) is 6.07 Å². The Balaban J connectivity index is 0.00000361. The van der Waals surface area contributed by atoms with Crippen molar-refractivity contribution in [3.05, 3.63) is 35.1 Å². The standard InChI is InChI=1S/C15H24FN3.HI/c1-10(2)12(4)19-15(17-5)18-9-13-6-7-14(16)11(3)8-13;/h6-8,10,12H,9H2,1-5H3,(H2,17,18,19);1H.